The lowest BCUT2D eigenvalue weighted by Crippen LogP contribution is -2.01. The van der Waals surface area contributed by atoms with Crippen molar-refractivity contribution in [3.05, 3.63) is 59.4 Å². The van der Waals surface area contributed by atoms with Gasteiger partial charge in [0.25, 0.3) is 0 Å². The van der Waals surface area contributed by atoms with Crippen LogP contribution in [0, 0.1) is 5.82 Å². The highest BCUT2D eigenvalue weighted by atomic mass is 19.1. The Kier molecular flexibility index (Phi) is 4.50. The number of aromatic hydroxyl groups is 1. The summed E-state index contributed by atoms with van der Waals surface area (Å²) in [5.74, 6) is -0.679. The molecule has 0 saturated carbocycles. The van der Waals surface area contributed by atoms with Gasteiger partial charge in [0, 0.05) is 5.56 Å². The van der Waals surface area contributed by atoms with Gasteiger partial charge in [-0.2, -0.15) is 0 Å². The average molecular weight is 289 g/mol. The number of oxime groups is 1. The quantitative estimate of drug-likeness (QED) is 0.534. The number of carbonyl (C=O) groups excluding carboxylic acids is 1. The fraction of sp³-hybridized carbons (Fsp3) is 0.0667. The number of rotatable bonds is 4. The number of ether oxygens (including phenoxy) is 1. The minimum absolute atomic E-state index is 0.0302. The average Bonchev–Trinajstić information content (AvgIpc) is 2.49. The number of hydrogen-bond donors (Lipinski definition) is 1. The molecule has 6 heteroatoms. The molecule has 0 radical (unpaired) electrons. The smallest absolute Gasteiger partial charge is 0.365 e. The van der Waals surface area contributed by atoms with E-state index in [9.17, 15) is 14.3 Å². The zero-order valence-electron chi connectivity index (χ0n) is 11.1. The first kappa shape index (κ1) is 14.5. The van der Waals surface area contributed by atoms with E-state index in [0.717, 1.165) is 12.1 Å². The summed E-state index contributed by atoms with van der Waals surface area (Å²) in [6.07, 6.45) is 1.18. The molecule has 0 spiro atoms. The van der Waals surface area contributed by atoms with Gasteiger partial charge < -0.3 is 14.7 Å². The van der Waals surface area contributed by atoms with Crippen LogP contribution in [0.15, 0.2) is 47.6 Å². The lowest BCUT2D eigenvalue weighted by atomic mass is 10.2. The second-order valence-corrected chi connectivity index (χ2v) is 4.04. The Bertz CT molecular complexity index is 668. The summed E-state index contributed by atoms with van der Waals surface area (Å²) in [6, 6.07) is 9.42. The Morgan fingerprint density at radius 1 is 1.24 bits per heavy atom. The maximum Gasteiger partial charge on any atom is 0.365 e. The van der Waals surface area contributed by atoms with E-state index in [4.69, 9.17) is 4.74 Å². The molecular formula is C15H12FNO4. The predicted molar refractivity (Wildman–Crippen MR) is 74.1 cm³/mol. The van der Waals surface area contributed by atoms with Gasteiger partial charge in [-0.3, -0.25) is 0 Å². The lowest BCUT2D eigenvalue weighted by Gasteiger charge is -2.02. The first-order valence-electron chi connectivity index (χ1n) is 5.97. The van der Waals surface area contributed by atoms with Gasteiger partial charge in [-0.25, -0.2) is 9.18 Å². The first-order chi connectivity index (χ1) is 10.1. The molecule has 0 heterocycles. The van der Waals surface area contributed by atoms with Gasteiger partial charge in [-0.15, -0.1) is 0 Å². The van der Waals surface area contributed by atoms with Crippen LogP contribution in [0.2, 0.25) is 0 Å². The molecule has 0 bridgehead atoms. The van der Waals surface area contributed by atoms with Crippen molar-refractivity contribution in [1.82, 2.24) is 0 Å². The van der Waals surface area contributed by atoms with Crippen LogP contribution >= 0.6 is 0 Å². The summed E-state index contributed by atoms with van der Waals surface area (Å²) in [5, 5.41) is 13.1. The highest BCUT2D eigenvalue weighted by Gasteiger charge is 2.07. The molecular weight excluding hydrogens is 277 g/mol. The summed E-state index contributed by atoms with van der Waals surface area (Å²) in [6.45, 7) is 0. The zero-order valence-corrected chi connectivity index (χ0v) is 11.1. The van der Waals surface area contributed by atoms with Gasteiger partial charge in [0.1, 0.15) is 17.3 Å². The third-order valence-corrected chi connectivity index (χ3v) is 2.64. The molecule has 0 aromatic heterocycles. The molecule has 0 amide bonds. The molecule has 2 aromatic carbocycles. The van der Waals surface area contributed by atoms with Crippen molar-refractivity contribution >= 4 is 12.2 Å². The number of nitrogens with zero attached hydrogens (tertiary/aromatic N) is 1. The molecule has 1 N–H and O–H groups in total. The highest BCUT2D eigenvalue weighted by Crippen LogP contribution is 2.21. The van der Waals surface area contributed by atoms with E-state index in [1.165, 1.54) is 37.6 Å². The van der Waals surface area contributed by atoms with Crippen molar-refractivity contribution in [3.8, 4) is 11.5 Å². The van der Waals surface area contributed by atoms with Gasteiger partial charge in [0.15, 0.2) is 0 Å². The normalized spacial score (nSPS) is 10.6. The van der Waals surface area contributed by atoms with Crippen LogP contribution in [-0.4, -0.2) is 24.4 Å². The van der Waals surface area contributed by atoms with Crippen LogP contribution in [0.1, 0.15) is 15.9 Å². The number of methoxy groups -OCH3 is 1. The molecule has 5 nitrogen and oxygen atoms in total. The second-order valence-electron chi connectivity index (χ2n) is 4.04. The topological polar surface area (TPSA) is 68.1 Å². The van der Waals surface area contributed by atoms with E-state index < -0.39 is 11.8 Å². The van der Waals surface area contributed by atoms with Crippen LogP contribution < -0.4 is 4.74 Å². The van der Waals surface area contributed by atoms with Crippen LogP contribution in [0.5, 0.6) is 11.5 Å². The molecule has 21 heavy (non-hydrogen) atoms. The van der Waals surface area contributed by atoms with Gasteiger partial charge in [-0.1, -0.05) is 5.16 Å². The number of carbonyl (C=O) groups is 1. The summed E-state index contributed by atoms with van der Waals surface area (Å²) < 4.78 is 17.7. The fourth-order valence-corrected chi connectivity index (χ4v) is 1.53. The third-order valence-electron chi connectivity index (χ3n) is 2.64. The Labute approximate surface area is 120 Å². The number of halogens is 1. The number of phenols is 1. The summed E-state index contributed by atoms with van der Waals surface area (Å²) in [5.41, 5.74) is 0.504. The summed E-state index contributed by atoms with van der Waals surface area (Å²) >= 11 is 0. The summed E-state index contributed by atoms with van der Waals surface area (Å²) in [4.78, 5) is 16.3. The van der Waals surface area contributed by atoms with E-state index >= 15 is 0 Å². The van der Waals surface area contributed by atoms with E-state index in [-0.39, 0.29) is 11.3 Å². The third kappa shape index (κ3) is 3.79. The Hall–Kier alpha value is -2.89. The van der Waals surface area contributed by atoms with Crippen molar-refractivity contribution in [2.24, 2.45) is 5.16 Å². The Morgan fingerprint density at radius 3 is 2.62 bits per heavy atom. The van der Waals surface area contributed by atoms with E-state index in [1.807, 2.05) is 0 Å². The molecule has 2 rings (SSSR count). The number of benzene rings is 2. The molecule has 0 aliphatic heterocycles. The van der Waals surface area contributed by atoms with Crippen LogP contribution in [-0.2, 0) is 4.84 Å². The van der Waals surface area contributed by atoms with E-state index in [1.54, 1.807) is 6.07 Å². The molecule has 0 aliphatic carbocycles. The minimum Gasteiger partial charge on any atom is -0.507 e. The molecule has 0 saturated heterocycles. The molecule has 0 unspecified atom stereocenters. The van der Waals surface area contributed by atoms with Gasteiger partial charge in [-0.05, 0) is 42.5 Å². The van der Waals surface area contributed by atoms with Crippen molar-refractivity contribution < 1.29 is 23.9 Å². The fourth-order valence-electron chi connectivity index (χ4n) is 1.53. The maximum absolute atomic E-state index is 12.7. The van der Waals surface area contributed by atoms with Crippen molar-refractivity contribution in [2.45, 2.75) is 0 Å². The lowest BCUT2D eigenvalue weighted by molar-refractivity contribution is 0.0519. The van der Waals surface area contributed by atoms with Crippen molar-refractivity contribution in [1.29, 1.82) is 0 Å². The van der Waals surface area contributed by atoms with Gasteiger partial charge in [0.2, 0.25) is 0 Å². The molecule has 2 aromatic rings. The standard InChI is InChI=1S/C15H12FNO4/c1-20-13-6-7-14(18)11(8-13)9-17-21-15(19)10-2-4-12(16)5-3-10/h2-9,18H,1H3. The monoisotopic (exact) mass is 289 g/mol. The minimum atomic E-state index is -0.728. The molecule has 108 valence electrons. The Balaban J connectivity index is 2.05. The maximum atomic E-state index is 12.7. The molecule has 0 fully saturated rings. The first-order valence-corrected chi connectivity index (χ1v) is 5.97. The largest absolute Gasteiger partial charge is 0.507 e. The van der Waals surface area contributed by atoms with Gasteiger partial charge in [0.05, 0.1) is 18.9 Å². The van der Waals surface area contributed by atoms with Gasteiger partial charge >= 0.3 is 5.97 Å². The van der Waals surface area contributed by atoms with Crippen LogP contribution in [0.3, 0.4) is 0 Å². The Morgan fingerprint density at radius 2 is 1.95 bits per heavy atom. The molecule has 0 atom stereocenters. The van der Waals surface area contributed by atoms with E-state index in [2.05, 4.69) is 9.99 Å². The number of phenolic OH excluding ortho intramolecular Hbond substituents is 1. The second kappa shape index (κ2) is 6.51. The summed E-state index contributed by atoms with van der Waals surface area (Å²) in [7, 11) is 1.49. The SMILES string of the molecule is COc1ccc(O)c(C=NOC(=O)c2ccc(F)cc2)c1. The molecule has 0 aliphatic rings. The predicted octanol–water partition coefficient (Wildman–Crippen LogP) is 2.73. The van der Waals surface area contributed by atoms with Crippen LogP contribution in [0.25, 0.3) is 0 Å². The van der Waals surface area contributed by atoms with Crippen molar-refractivity contribution in [2.75, 3.05) is 7.11 Å². The number of hydrogen-bond acceptors (Lipinski definition) is 5. The van der Waals surface area contributed by atoms with Crippen molar-refractivity contribution in [3.63, 3.8) is 0 Å². The van der Waals surface area contributed by atoms with Crippen LogP contribution in [0.4, 0.5) is 4.39 Å². The van der Waals surface area contributed by atoms with E-state index in [0.29, 0.717) is 11.3 Å². The highest BCUT2D eigenvalue weighted by molar-refractivity contribution is 5.90. The zero-order chi connectivity index (χ0) is 15.2.